The molecule has 3 heteroatoms. The minimum absolute atomic E-state index is 0.674. The molecule has 96 valence electrons. The van der Waals surface area contributed by atoms with Gasteiger partial charge in [-0.15, -0.1) is 0 Å². The SMILES string of the molecule is Cc1ccc(CCN)cc1-n1cnc2ccccc21. The summed E-state index contributed by atoms with van der Waals surface area (Å²) in [5, 5.41) is 0. The number of nitrogens with zero attached hydrogens (tertiary/aromatic N) is 2. The molecule has 0 amide bonds. The standard InChI is InChI=1S/C16H17N3/c1-12-6-7-13(8-9-17)10-16(12)19-11-18-14-4-2-3-5-15(14)19/h2-7,10-11H,8-9,17H2,1H3. The molecule has 0 spiro atoms. The second-order valence-corrected chi connectivity index (χ2v) is 4.76. The molecule has 3 aromatic rings. The van der Waals surface area contributed by atoms with Crippen molar-refractivity contribution < 1.29 is 0 Å². The quantitative estimate of drug-likeness (QED) is 0.778. The Hall–Kier alpha value is -2.13. The van der Waals surface area contributed by atoms with Crippen molar-refractivity contribution in [3.05, 3.63) is 59.9 Å². The van der Waals surface area contributed by atoms with E-state index < -0.39 is 0 Å². The second kappa shape index (κ2) is 4.86. The molecule has 0 saturated heterocycles. The molecular formula is C16H17N3. The lowest BCUT2D eigenvalue weighted by Gasteiger charge is -2.10. The van der Waals surface area contributed by atoms with E-state index in [1.165, 1.54) is 16.8 Å². The lowest BCUT2D eigenvalue weighted by atomic mass is 10.1. The topological polar surface area (TPSA) is 43.8 Å². The first-order valence-corrected chi connectivity index (χ1v) is 6.51. The Morgan fingerprint density at radius 3 is 2.84 bits per heavy atom. The van der Waals surface area contributed by atoms with Crippen LogP contribution in [-0.2, 0) is 6.42 Å². The van der Waals surface area contributed by atoms with E-state index >= 15 is 0 Å². The molecular weight excluding hydrogens is 234 g/mol. The fourth-order valence-electron chi connectivity index (χ4n) is 2.39. The highest BCUT2D eigenvalue weighted by atomic mass is 15.0. The number of benzene rings is 2. The minimum atomic E-state index is 0.674. The van der Waals surface area contributed by atoms with Crippen LogP contribution in [0.2, 0.25) is 0 Å². The maximum absolute atomic E-state index is 5.64. The Kier molecular flexibility index (Phi) is 3.05. The highest BCUT2D eigenvalue weighted by Gasteiger charge is 2.07. The Labute approximate surface area is 112 Å². The second-order valence-electron chi connectivity index (χ2n) is 4.76. The largest absolute Gasteiger partial charge is 0.330 e. The molecule has 19 heavy (non-hydrogen) atoms. The van der Waals surface area contributed by atoms with Crippen LogP contribution in [0.25, 0.3) is 16.7 Å². The van der Waals surface area contributed by atoms with Gasteiger partial charge in [-0.25, -0.2) is 4.98 Å². The van der Waals surface area contributed by atoms with Crippen LogP contribution in [0.4, 0.5) is 0 Å². The molecule has 0 aliphatic heterocycles. The summed E-state index contributed by atoms with van der Waals surface area (Å²) >= 11 is 0. The zero-order chi connectivity index (χ0) is 13.2. The van der Waals surface area contributed by atoms with Gasteiger partial charge in [-0.2, -0.15) is 0 Å². The minimum Gasteiger partial charge on any atom is -0.330 e. The molecule has 1 heterocycles. The monoisotopic (exact) mass is 251 g/mol. The van der Waals surface area contributed by atoms with E-state index in [1.54, 1.807) is 0 Å². The fourth-order valence-corrected chi connectivity index (χ4v) is 2.39. The van der Waals surface area contributed by atoms with Crippen LogP contribution >= 0.6 is 0 Å². The molecule has 3 rings (SSSR count). The summed E-state index contributed by atoms with van der Waals surface area (Å²) in [4.78, 5) is 4.45. The summed E-state index contributed by atoms with van der Waals surface area (Å²) in [5.74, 6) is 0. The molecule has 0 fully saturated rings. The van der Waals surface area contributed by atoms with Gasteiger partial charge in [-0.1, -0.05) is 24.3 Å². The maximum atomic E-state index is 5.64. The van der Waals surface area contributed by atoms with E-state index in [0.717, 1.165) is 17.5 Å². The number of imidazole rings is 1. The van der Waals surface area contributed by atoms with Gasteiger partial charge in [0.25, 0.3) is 0 Å². The van der Waals surface area contributed by atoms with Crippen LogP contribution < -0.4 is 5.73 Å². The lowest BCUT2D eigenvalue weighted by Crippen LogP contribution is -2.04. The van der Waals surface area contributed by atoms with Crippen LogP contribution in [-0.4, -0.2) is 16.1 Å². The maximum Gasteiger partial charge on any atom is 0.100 e. The van der Waals surface area contributed by atoms with Gasteiger partial charge >= 0.3 is 0 Å². The molecule has 0 unspecified atom stereocenters. The van der Waals surface area contributed by atoms with E-state index in [4.69, 9.17) is 5.73 Å². The van der Waals surface area contributed by atoms with Crippen molar-refractivity contribution in [3.8, 4) is 5.69 Å². The van der Waals surface area contributed by atoms with Crippen LogP contribution in [0.15, 0.2) is 48.8 Å². The van der Waals surface area contributed by atoms with Gasteiger partial charge in [0.2, 0.25) is 0 Å². The molecule has 1 aromatic heterocycles. The number of nitrogens with two attached hydrogens (primary N) is 1. The Morgan fingerprint density at radius 2 is 2.00 bits per heavy atom. The number of aromatic nitrogens is 2. The number of aryl methyl sites for hydroxylation is 1. The third-order valence-electron chi connectivity index (χ3n) is 3.42. The number of para-hydroxylation sites is 2. The van der Waals surface area contributed by atoms with Gasteiger partial charge in [-0.05, 0) is 49.2 Å². The van der Waals surface area contributed by atoms with Gasteiger partial charge in [0.05, 0.1) is 16.7 Å². The zero-order valence-electron chi connectivity index (χ0n) is 11.0. The average molecular weight is 251 g/mol. The summed E-state index contributed by atoms with van der Waals surface area (Å²) in [7, 11) is 0. The lowest BCUT2D eigenvalue weighted by molar-refractivity contribution is 0.959. The number of fused-ring (bicyclic) bond motifs is 1. The molecule has 0 bridgehead atoms. The van der Waals surface area contributed by atoms with Crippen molar-refractivity contribution in [1.82, 2.24) is 9.55 Å². The van der Waals surface area contributed by atoms with E-state index in [9.17, 15) is 0 Å². The van der Waals surface area contributed by atoms with Gasteiger partial charge in [-0.3, -0.25) is 4.57 Å². The zero-order valence-corrected chi connectivity index (χ0v) is 11.0. The Bertz CT molecular complexity index is 713. The number of hydrogen-bond acceptors (Lipinski definition) is 2. The van der Waals surface area contributed by atoms with Crippen LogP contribution in [0, 0.1) is 6.92 Å². The van der Waals surface area contributed by atoms with Gasteiger partial charge in [0.1, 0.15) is 6.33 Å². The fraction of sp³-hybridized carbons (Fsp3) is 0.188. The van der Waals surface area contributed by atoms with E-state index in [0.29, 0.717) is 6.54 Å². The van der Waals surface area contributed by atoms with Crippen molar-refractivity contribution in [2.75, 3.05) is 6.54 Å². The normalized spacial score (nSPS) is 11.1. The van der Waals surface area contributed by atoms with Crippen molar-refractivity contribution >= 4 is 11.0 Å². The molecule has 0 atom stereocenters. The first kappa shape index (κ1) is 11.9. The summed E-state index contributed by atoms with van der Waals surface area (Å²) in [6.45, 7) is 2.80. The third-order valence-corrected chi connectivity index (χ3v) is 3.42. The van der Waals surface area contributed by atoms with E-state index in [2.05, 4.69) is 40.7 Å². The van der Waals surface area contributed by atoms with E-state index in [-0.39, 0.29) is 0 Å². The first-order chi connectivity index (χ1) is 9.29. The summed E-state index contributed by atoms with van der Waals surface area (Å²) in [6, 6.07) is 14.7. The number of rotatable bonds is 3. The van der Waals surface area contributed by atoms with Gasteiger partial charge < -0.3 is 5.73 Å². The Balaban J connectivity index is 2.17. The van der Waals surface area contributed by atoms with Crippen LogP contribution in [0.3, 0.4) is 0 Å². The van der Waals surface area contributed by atoms with Crippen LogP contribution in [0.1, 0.15) is 11.1 Å². The van der Waals surface area contributed by atoms with Gasteiger partial charge in [0.15, 0.2) is 0 Å². The summed E-state index contributed by atoms with van der Waals surface area (Å²) in [5.41, 5.74) is 11.5. The summed E-state index contributed by atoms with van der Waals surface area (Å²) < 4.78 is 2.14. The first-order valence-electron chi connectivity index (χ1n) is 6.51. The highest BCUT2D eigenvalue weighted by molar-refractivity contribution is 5.77. The van der Waals surface area contributed by atoms with Gasteiger partial charge in [0, 0.05) is 0 Å². The molecule has 0 aliphatic rings. The van der Waals surface area contributed by atoms with Crippen molar-refractivity contribution in [3.63, 3.8) is 0 Å². The smallest absolute Gasteiger partial charge is 0.100 e. The predicted octanol–water partition coefficient (Wildman–Crippen LogP) is 2.84. The molecule has 2 N–H and O–H groups in total. The molecule has 0 aliphatic carbocycles. The predicted molar refractivity (Wildman–Crippen MR) is 78.6 cm³/mol. The third kappa shape index (κ3) is 2.13. The highest BCUT2D eigenvalue weighted by Crippen LogP contribution is 2.22. The molecule has 3 nitrogen and oxygen atoms in total. The number of hydrogen-bond donors (Lipinski definition) is 1. The van der Waals surface area contributed by atoms with E-state index in [1.807, 2.05) is 24.5 Å². The summed E-state index contributed by atoms with van der Waals surface area (Å²) in [6.07, 6.45) is 2.79. The van der Waals surface area contributed by atoms with Crippen molar-refractivity contribution in [2.24, 2.45) is 5.73 Å². The molecule has 2 aromatic carbocycles. The van der Waals surface area contributed by atoms with Crippen molar-refractivity contribution in [2.45, 2.75) is 13.3 Å². The van der Waals surface area contributed by atoms with Crippen molar-refractivity contribution in [1.29, 1.82) is 0 Å². The molecule has 0 radical (unpaired) electrons. The Morgan fingerprint density at radius 1 is 1.16 bits per heavy atom. The average Bonchev–Trinajstić information content (AvgIpc) is 2.85. The van der Waals surface area contributed by atoms with Crippen LogP contribution in [0.5, 0.6) is 0 Å². The molecule has 0 saturated carbocycles.